The maximum atomic E-state index is 12.3. The smallest absolute Gasteiger partial charge is 0.254 e. The van der Waals surface area contributed by atoms with Gasteiger partial charge in [0.25, 0.3) is 5.91 Å². The van der Waals surface area contributed by atoms with Gasteiger partial charge in [-0.05, 0) is 36.8 Å². The first-order valence-electron chi connectivity index (χ1n) is 8.55. The maximum Gasteiger partial charge on any atom is 0.254 e. The highest BCUT2D eigenvalue weighted by atomic mass is 16.2. The summed E-state index contributed by atoms with van der Waals surface area (Å²) in [6, 6.07) is 16.0. The summed E-state index contributed by atoms with van der Waals surface area (Å²) in [4.78, 5) is 39.5. The second-order valence-corrected chi connectivity index (χ2v) is 6.27. The lowest BCUT2D eigenvalue weighted by Gasteiger charge is -2.18. The van der Waals surface area contributed by atoms with E-state index >= 15 is 0 Å². The van der Waals surface area contributed by atoms with Crippen molar-refractivity contribution in [2.75, 3.05) is 30.4 Å². The van der Waals surface area contributed by atoms with E-state index in [1.54, 1.807) is 54.4 Å². The number of rotatable bonds is 5. The molecule has 134 valence electrons. The van der Waals surface area contributed by atoms with Crippen LogP contribution in [-0.4, -0.2) is 42.8 Å². The standard InChI is InChI=1S/C20H21N3O3/c1-22(20(26)15-7-3-2-4-8-15)14-18(24)21-16-9-5-10-17(13-16)23-12-6-11-19(23)25/h2-5,7-10,13H,6,11-12,14H2,1H3,(H,21,24). The van der Waals surface area contributed by atoms with Gasteiger partial charge < -0.3 is 15.1 Å². The van der Waals surface area contributed by atoms with E-state index in [4.69, 9.17) is 0 Å². The van der Waals surface area contributed by atoms with Crippen molar-refractivity contribution < 1.29 is 14.4 Å². The number of carbonyl (C=O) groups is 3. The molecule has 26 heavy (non-hydrogen) atoms. The van der Waals surface area contributed by atoms with Crippen molar-refractivity contribution in [2.45, 2.75) is 12.8 Å². The number of likely N-dealkylation sites (N-methyl/N-ethyl adjacent to an activating group) is 1. The third-order valence-corrected chi connectivity index (χ3v) is 4.26. The third-order valence-electron chi connectivity index (χ3n) is 4.26. The number of carbonyl (C=O) groups excluding carboxylic acids is 3. The molecule has 6 heteroatoms. The van der Waals surface area contributed by atoms with E-state index in [9.17, 15) is 14.4 Å². The van der Waals surface area contributed by atoms with E-state index in [0.717, 1.165) is 12.1 Å². The van der Waals surface area contributed by atoms with Crippen molar-refractivity contribution in [3.05, 3.63) is 60.2 Å². The normalized spacial score (nSPS) is 13.6. The summed E-state index contributed by atoms with van der Waals surface area (Å²) < 4.78 is 0. The molecule has 0 bridgehead atoms. The molecule has 1 N–H and O–H groups in total. The fraction of sp³-hybridized carbons (Fsp3) is 0.250. The highest BCUT2D eigenvalue weighted by molar-refractivity contribution is 6.00. The Labute approximate surface area is 152 Å². The van der Waals surface area contributed by atoms with Crippen LogP contribution in [0.15, 0.2) is 54.6 Å². The van der Waals surface area contributed by atoms with E-state index in [2.05, 4.69) is 5.32 Å². The molecule has 0 saturated carbocycles. The van der Waals surface area contributed by atoms with Gasteiger partial charge in [-0.25, -0.2) is 0 Å². The van der Waals surface area contributed by atoms with Crippen molar-refractivity contribution in [2.24, 2.45) is 0 Å². The highest BCUT2D eigenvalue weighted by Crippen LogP contribution is 2.24. The fourth-order valence-electron chi connectivity index (χ4n) is 2.96. The summed E-state index contributed by atoms with van der Waals surface area (Å²) in [6.07, 6.45) is 1.41. The minimum absolute atomic E-state index is 0.0550. The number of hydrogen-bond acceptors (Lipinski definition) is 3. The van der Waals surface area contributed by atoms with Gasteiger partial charge in [0.1, 0.15) is 0 Å². The molecule has 1 aliphatic rings. The van der Waals surface area contributed by atoms with Gasteiger partial charge in [0, 0.05) is 37.0 Å². The van der Waals surface area contributed by atoms with Gasteiger partial charge in [-0.3, -0.25) is 14.4 Å². The van der Waals surface area contributed by atoms with Gasteiger partial charge >= 0.3 is 0 Å². The van der Waals surface area contributed by atoms with E-state index < -0.39 is 0 Å². The van der Waals surface area contributed by atoms with Crippen LogP contribution in [0.4, 0.5) is 11.4 Å². The van der Waals surface area contributed by atoms with Crippen LogP contribution >= 0.6 is 0 Å². The molecule has 0 radical (unpaired) electrons. The molecule has 0 spiro atoms. The predicted octanol–water partition coefficient (Wildman–Crippen LogP) is 2.52. The minimum atomic E-state index is -0.290. The van der Waals surface area contributed by atoms with Crippen LogP contribution in [0.2, 0.25) is 0 Å². The number of benzene rings is 2. The first-order chi connectivity index (χ1) is 12.5. The SMILES string of the molecule is CN(CC(=O)Nc1cccc(N2CCCC2=O)c1)C(=O)c1ccccc1. The molecule has 0 unspecified atom stereocenters. The van der Waals surface area contributed by atoms with Gasteiger partial charge in [-0.2, -0.15) is 0 Å². The van der Waals surface area contributed by atoms with Gasteiger partial charge in [0.2, 0.25) is 11.8 Å². The summed E-state index contributed by atoms with van der Waals surface area (Å²) in [7, 11) is 1.59. The van der Waals surface area contributed by atoms with Gasteiger partial charge in [-0.15, -0.1) is 0 Å². The lowest BCUT2D eigenvalue weighted by Crippen LogP contribution is -2.35. The van der Waals surface area contributed by atoms with Gasteiger partial charge in [-0.1, -0.05) is 24.3 Å². The van der Waals surface area contributed by atoms with Crippen LogP contribution in [-0.2, 0) is 9.59 Å². The summed E-state index contributed by atoms with van der Waals surface area (Å²) in [6.45, 7) is 0.644. The predicted molar refractivity (Wildman–Crippen MR) is 100 cm³/mol. The lowest BCUT2D eigenvalue weighted by atomic mass is 10.2. The number of nitrogens with one attached hydrogen (secondary N) is 1. The molecule has 0 atom stereocenters. The molecular formula is C20H21N3O3. The Morgan fingerprint density at radius 2 is 1.88 bits per heavy atom. The molecule has 0 aromatic heterocycles. The van der Waals surface area contributed by atoms with Crippen molar-refractivity contribution in [1.29, 1.82) is 0 Å². The number of amides is 3. The third kappa shape index (κ3) is 4.08. The van der Waals surface area contributed by atoms with Crippen molar-refractivity contribution in [3.8, 4) is 0 Å². The Morgan fingerprint density at radius 3 is 2.58 bits per heavy atom. The largest absolute Gasteiger partial charge is 0.332 e. The van der Waals surface area contributed by atoms with Crippen molar-refractivity contribution in [3.63, 3.8) is 0 Å². The summed E-state index contributed by atoms with van der Waals surface area (Å²) >= 11 is 0. The number of nitrogens with zero attached hydrogens (tertiary/aromatic N) is 2. The van der Waals surface area contributed by atoms with Crippen molar-refractivity contribution >= 4 is 29.1 Å². The first-order valence-corrected chi connectivity index (χ1v) is 8.55. The van der Waals surface area contributed by atoms with E-state index in [1.807, 2.05) is 12.1 Å². The molecule has 6 nitrogen and oxygen atoms in total. The molecule has 1 fully saturated rings. The quantitative estimate of drug-likeness (QED) is 0.900. The summed E-state index contributed by atoms with van der Waals surface area (Å²) in [5, 5.41) is 2.79. The average molecular weight is 351 g/mol. The second kappa shape index (κ2) is 7.82. The Kier molecular flexibility index (Phi) is 5.31. The molecule has 1 aliphatic heterocycles. The highest BCUT2D eigenvalue weighted by Gasteiger charge is 2.22. The van der Waals surface area contributed by atoms with E-state index in [-0.39, 0.29) is 24.3 Å². The number of anilines is 2. The molecule has 3 rings (SSSR count). The monoisotopic (exact) mass is 351 g/mol. The lowest BCUT2D eigenvalue weighted by molar-refractivity contribution is -0.117. The zero-order chi connectivity index (χ0) is 18.5. The van der Waals surface area contributed by atoms with Crippen LogP contribution in [0.1, 0.15) is 23.2 Å². The van der Waals surface area contributed by atoms with Crippen molar-refractivity contribution in [1.82, 2.24) is 4.90 Å². The van der Waals surface area contributed by atoms with Crippen LogP contribution in [0.25, 0.3) is 0 Å². The Morgan fingerprint density at radius 1 is 1.12 bits per heavy atom. The second-order valence-electron chi connectivity index (χ2n) is 6.27. The topological polar surface area (TPSA) is 69.7 Å². The van der Waals surface area contributed by atoms with Crippen LogP contribution < -0.4 is 10.2 Å². The molecule has 0 aliphatic carbocycles. The molecule has 1 saturated heterocycles. The summed E-state index contributed by atoms with van der Waals surface area (Å²) in [5.41, 5.74) is 1.92. The minimum Gasteiger partial charge on any atom is -0.332 e. The van der Waals surface area contributed by atoms with Gasteiger partial charge in [0.15, 0.2) is 0 Å². The Hall–Kier alpha value is -3.15. The zero-order valence-corrected chi connectivity index (χ0v) is 14.6. The molecular weight excluding hydrogens is 330 g/mol. The average Bonchev–Trinajstić information content (AvgIpc) is 3.08. The van der Waals surface area contributed by atoms with E-state index in [1.165, 1.54) is 4.90 Å². The van der Waals surface area contributed by atoms with E-state index in [0.29, 0.717) is 24.2 Å². The first kappa shape index (κ1) is 17.7. The number of hydrogen-bond donors (Lipinski definition) is 1. The van der Waals surface area contributed by atoms with Crippen LogP contribution in [0.5, 0.6) is 0 Å². The Bertz CT molecular complexity index is 820. The fourth-order valence-corrected chi connectivity index (χ4v) is 2.96. The molecule has 2 aromatic rings. The Balaban J connectivity index is 1.61. The van der Waals surface area contributed by atoms with Gasteiger partial charge in [0.05, 0.1) is 6.54 Å². The van der Waals surface area contributed by atoms with Crippen LogP contribution in [0.3, 0.4) is 0 Å². The zero-order valence-electron chi connectivity index (χ0n) is 14.6. The molecule has 3 amide bonds. The molecule has 2 aromatic carbocycles. The maximum absolute atomic E-state index is 12.3. The molecule has 1 heterocycles. The summed E-state index contributed by atoms with van der Waals surface area (Å²) in [5.74, 6) is -0.402. The van der Waals surface area contributed by atoms with Crippen LogP contribution in [0, 0.1) is 0 Å².